The number of carboxylic acids is 1. The highest BCUT2D eigenvalue weighted by molar-refractivity contribution is 5.66. The minimum atomic E-state index is -0.711. The number of carbonyl (C=O) groups is 1. The molecule has 0 aliphatic rings. The molecule has 0 aliphatic heterocycles. The van der Waals surface area contributed by atoms with Gasteiger partial charge in [-0.05, 0) is 43.4 Å². The van der Waals surface area contributed by atoms with Crippen molar-refractivity contribution in [2.45, 2.75) is 52.0 Å². The predicted octanol–water partition coefficient (Wildman–Crippen LogP) is 3.72. The first-order valence-electron chi connectivity index (χ1n) is 7.05. The number of aliphatic carboxylic acids is 1. The Kier molecular flexibility index (Phi) is 6.57. The largest absolute Gasteiger partial charge is 0.481 e. The lowest BCUT2D eigenvalue weighted by Gasteiger charge is -2.15. The van der Waals surface area contributed by atoms with Crippen LogP contribution >= 0.6 is 0 Å². The van der Waals surface area contributed by atoms with Gasteiger partial charge in [-0.25, -0.2) is 0 Å². The molecule has 0 saturated heterocycles. The third-order valence-corrected chi connectivity index (χ3v) is 3.37. The molecule has 3 nitrogen and oxygen atoms in total. The van der Waals surface area contributed by atoms with Crippen molar-refractivity contribution in [1.29, 1.82) is 0 Å². The van der Waals surface area contributed by atoms with Crippen molar-refractivity contribution in [1.82, 2.24) is 5.32 Å². The average Bonchev–Trinajstić information content (AvgIpc) is 2.37. The maximum absolute atomic E-state index is 10.4. The molecule has 0 saturated carbocycles. The van der Waals surface area contributed by atoms with Crippen LogP contribution in [0.4, 0.5) is 0 Å². The van der Waals surface area contributed by atoms with Crippen molar-refractivity contribution in [3.05, 3.63) is 35.4 Å². The number of hydrogen-bond donors (Lipinski definition) is 2. The van der Waals surface area contributed by atoms with Crippen molar-refractivity contribution >= 4 is 5.97 Å². The highest BCUT2D eigenvalue weighted by atomic mass is 16.4. The van der Waals surface area contributed by atoms with Crippen molar-refractivity contribution in [3.8, 4) is 0 Å². The Hall–Kier alpha value is -1.35. The molecule has 0 radical (unpaired) electrons. The van der Waals surface area contributed by atoms with E-state index < -0.39 is 5.97 Å². The van der Waals surface area contributed by atoms with Crippen LogP contribution in [0.5, 0.6) is 0 Å². The summed E-state index contributed by atoms with van der Waals surface area (Å²) in [5.74, 6) is -0.148. The van der Waals surface area contributed by atoms with E-state index in [9.17, 15) is 4.79 Å². The number of rotatable bonds is 8. The summed E-state index contributed by atoms with van der Waals surface area (Å²) in [7, 11) is 0. The molecule has 1 atom stereocenters. The summed E-state index contributed by atoms with van der Waals surface area (Å²) in [5, 5.41) is 12.0. The molecule has 2 N–H and O–H groups in total. The molecule has 0 bridgehead atoms. The van der Waals surface area contributed by atoms with Crippen LogP contribution in [-0.4, -0.2) is 17.6 Å². The summed E-state index contributed by atoms with van der Waals surface area (Å²) >= 11 is 0. The molecule has 3 heteroatoms. The number of hydrogen-bond acceptors (Lipinski definition) is 2. The second-order valence-corrected chi connectivity index (χ2v) is 5.35. The van der Waals surface area contributed by atoms with Gasteiger partial charge in [0.05, 0.1) is 0 Å². The zero-order valence-corrected chi connectivity index (χ0v) is 12.1. The van der Waals surface area contributed by atoms with E-state index in [0.717, 1.165) is 19.4 Å². The molecule has 0 aliphatic carbocycles. The van der Waals surface area contributed by atoms with Gasteiger partial charge in [0.1, 0.15) is 0 Å². The lowest BCUT2D eigenvalue weighted by Crippen LogP contribution is -2.20. The summed E-state index contributed by atoms with van der Waals surface area (Å²) in [4.78, 5) is 10.4. The van der Waals surface area contributed by atoms with Crippen LogP contribution in [0.3, 0.4) is 0 Å². The fraction of sp³-hybridized carbons (Fsp3) is 0.562. The number of unbranched alkanes of at least 4 members (excludes halogenated alkanes) is 1. The maximum Gasteiger partial charge on any atom is 0.303 e. The molecule has 1 rings (SSSR count). The smallest absolute Gasteiger partial charge is 0.303 e. The van der Waals surface area contributed by atoms with E-state index in [1.165, 1.54) is 11.1 Å². The molecule has 0 aromatic heterocycles. The second-order valence-electron chi connectivity index (χ2n) is 5.35. The Morgan fingerprint density at radius 1 is 1.11 bits per heavy atom. The number of benzene rings is 1. The van der Waals surface area contributed by atoms with Crippen LogP contribution in [0.15, 0.2) is 24.3 Å². The van der Waals surface area contributed by atoms with Gasteiger partial charge >= 0.3 is 5.97 Å². The van der Waals surface area contributed by atoms with Crippen LogP contribution in [0.25, 0.3) is 0 Å². The van der Waals surface area contributed by atoms with Crippen molar-refractivity contribution in [2.75, 3.05) is 6.54 Å². The Labute approximate surface area is 116 Å². The third-order valence-electron chi connectivity index (χ3n) is 3.37. The van der Waals surface area contributed by atoms with E-state index >= 15 is 0 Å². The van der Waals surface area contributed by atoms with E-state index in [4.69, 9.17) is 5.11 Å². The summed E-state index contributed by atoms with van der Waals surface area (Å²) in [5.41, 5.74) is 2.64. The molecule has 0 fully saturated rings. The molecular formula is C16H25NO2. The van der Waals surface area contributed by atoms with Gasteiger partial charge in [-0.3, -0.25) is 4.79 Å². The molecule has 0 spiro atoms. The van der Waals surface area contributed by atoms with Gasteiger partial charge in [0.2, 0.25) is 0 Å². The van der Waals surface area contributed by atoms with E-state index in [-0.39, 0.29) is 6.42 Å². The first kappa shape index (κ1) is 15.7. The van der Waals surface area contributed by atoms with Gasteiger partial charge in [0.25, 0.3) is 0 Å². The monoisotopic (exact) mass is 263 g/mol. The van der Waals surface area contributed by atoms with Crippen LogP contribution in [0.2, 0.25) is 0 Å². The molecular weight excluding hydrogens is 238 g/mol. The van der Waals surface area contributed by atoms with Crippen molar-refractivity contribution in [2.24, 2.45) is 0 Å². The van der Waals surface area contributed by atoms with Crippen molar-refractivity contribution in [3.63, 3.8) is 0 Å². The third kappa shape index (κ3) is 5.88. The highest BCUT2D eigenvalue weighted by Crippen LogP contribution is 2.18. The van der Waals surface area contributed by atoms with Gasteiger partial charge in [-0.1, -0.05) is 38.1 Å². The molecule has 19 heavy (non-hydrogen) atoms. The summed E-state index contributed by atoms with van der Waals surface area (Å²) in [6, 6.07) is 9.02. The van der Waals surface area contributed by atoms with Gasteiger partial charge in [-0.2, -0.15) is 0 Å². The van der Waals surface area contributed by atoms with Crippen LogP contribution in [0, 0.1) is 0 Å². The molecule has 106 valence electrons. The van der Waals surface area contributed by atoms with E-state index in [2.05, 4.69) is 50.4 Å². The molecule has 0 heterocycles. The molecule has 1 aromatic carbocycles. The minimum absolute atomic E-state index is 0.263. The Balaban J connectivity index is 2.32. The molecule has 1 unspecified atom stereocenters. The van der Waals surface area contributed by atoms with Gasteiger partial charge in [-0.15, -0.1) is 0 Å². The van der Waals surface area contributed by atoms with Crippen LogP contribution < -0.4 is 5.32 Å². The van der Waals surface area contributed by atoms with Gasteiger partial charge in [0.15, 0.2) is 0 Å². The SMILES string of the molecule is CC(C)c1ccc(C(C)NCCCCC(=O)O)cc1. The standard InChI is InChI=1S/C16H25NO2/c1-12(2)14-7-9-15(10-8-14)13(3)17-11-5-4-6-16(18)19/h7-10,12-13,17H,4-6,11H2,1-3H3,(H,18,19). The lowest BCUT2D eigenvalue weighted by molar-refractivity contribution is -0.137. The Bertz CT molecular complexity index is 384. The zero-order chi connectivity index (χ0) is 14.3. The molecule has 1 aromatic rings. The van der Waals surface area contributed by atoms with Gasteiger partial charge < -0.3 is 10.4 Å². The summed E-state index contributed by atoms with van der Waals surface area (Å²) in [6.07, 6.45) is 1.90. The first-order chi connectivity index (χ1) is 9.00. The fourth-order valence-corrected chi connectivity index (χ4v) is 2.01. The van der Waals surface area contributed by atoms with E-state index in [1.54, 1.807) is 0 Å². The molecule has 0 amide bonds. The fourth-order valence-electron chi connectivity index (χ4n) is 2.01. The topological polar surface area (TPSA) is 49.3 Å². The first-order valence-corrected chi connectivity index (χ1v) is 7.05. The van der Waals surface area contributed by atoms with Crippen LogP contribution in [-0.2, 0) is 4.79 Å². The lowest BCUT2D eigenvalue weighted by atomic mass is 9.99. The van der Waals surface area contributed by atoms with E-state index in [1.807, 2.05) is 0 Å². The zero-order valence-electron chi connectivity index (χ0n) is 12.1. The number of carboxylic acid groups (broad SMARTS) is 1. The van der Waals surface area contributed by atoms with Crippen molar-refractivity contribution < 1.29 is 9.90 Å². The van der Waals surface area contributed by atoms with E-state index in [0.29, 0.717) is 12.0 Å². The Morgan fingerprint density at radius 3 is 2.21 bits per heavy atom. The number of nitrogens with one attached hydrogen (secondary N) is 1. The maximum atomic E-state index is 10.4. The van der Waals surface area contributed by atoms with Gasteiger partial charge in [0, 0.05) is 12.5 Å². The summed E-state index contributed by atoms with van der Waals surface area (Å²) in [6.45, 7) is 7.39. The van der Waals surface area contributed by atoms with Crippen LogP contribution in [0.1, 0.15) is 63.1 Å². The summed E-state index contributed by atoms with van der Waals surface area (Å²) < 4.78 is 0. The quantitative estimate of drug-likeness (QED) is 0.703. The predicted molar refractivity (Wildman–Crippen MR) is 78.4 cm³/mol. The normalized spacial score (nSPS) is 12.6. The Morgan fingerprint density at radius 2 is 1.68 bits per heavy atom. The second kappa shape index (κ2) is 7.95. The highest BCUT2D eigenvalue weighted by Gasteiger charge is 2.05. The average molecular weight is 263 g/mol. The minimum Gasteiger partial charge on any atom is -0.481 e.